The van der Waals surface area contributed by atoms with E-state index in [1.165, 1.54) is 35.6 Å². The van der Waals surface area contributed by atoms with Crippen LogP contribution >= 0.6 is 35.1 Å². The van der Waals surface area contributed by atoms with Crippen molar-refractivity contribution in [2.75, 3.05) is 7.05 Å². The highest BCUT2D eigenvalue weighted by Crippen LogP contribution is 2.42. The minimum Gasteiger partial charge on any atom is -0.315 e. The summed E-state index contributed by atoms with van der Waals surface area (Å²) in [6, 6.07) is 29.3. The molecule has 0 spiro atoms. The molecule has 0 aliphatic carbocycles. The van der Waals surface area contributed by atoms with E-state index in [0.29, 0.717) is 50.4 Å². The number of carbonyl (C=O) groups is 1. The Morgan fingerprint density at radius 3 is 1.36 bits per heavy atom. The van der Waals surface area contributed by atoms with Crippen LogP contribution in [0.15, 0.2) is 109 Å². The van der Waals surface area contributed by atoms with Crippen LogP contribution in [0.2, 0.25) is 0 Å². The molecular weight excluding hydrogens is 626 g/mol. The summed E-state index contributed by atoms with van der Waals surface area (Å²) in [5.41, 5.74) is 3.00. The van der Waals surface area contributed by atoms with E-state index in [1.54, 1.807) is 78.9 Å². The summed E-state index contributed by atoms with van der Waals surface area (Å²) >= 11 is 2.64. The van der Waals surface area contributed by atoms with Gasteiger partial charge < -0.3 is 5.32 Å². The third kappa shape index (κ3) is 7.17. The van der Waals surface area contributed by atoms with Crippen molar-refractivity contribution < 1.29 is 22.4 Å². The molecule has 224 valence electrons. The first-order valence-corrected chi connectivity index (χ1v) is 14.9. The van der Waals surface area contributed by atoms with E-state index in [-0.39, 0.29) is 24.0 Å². The van der Waals surface area contributed by atoms with Gasteiger partial charge in [0.25, 0.3) is 0 Å². The van der Waals surface area contributed by atoms with Crippen molar-refractivity contribution in [2.45, 2.75) is 6.54 Å². The second-order valence-corrected chi connectivity index (χ2v) is 11.6. The first-order valence-electron chi connectivity index (χ1n) is 13.3. The molecule has 2 nitrogen and oxygen atoms in total. The lowest BCUT2D eigenvalue weighted by atomic mass is 10.0. The molecular formula is C35H26ClF4NOS2. The van der Waals surface area contributed by atoms with E-state index in [0.717, 1.165) is 26.7 Å². The van der Waals surface area contributed by atoms with Gasteiger partial charge in [0.05, 0.1) is 4.88 Å². The zero-order chi connectivity index (χ0) is 30.3. The summed E-state index contributed by atoms with van der Waals surface area (Å²) in [5, 5.41) is 3.08. The number of thiophene rings is 2. The molecule has 0 amide bonds. The number of carbonyl (C=O) groups excluding carboxylic acids is 1. The third-order valence-corrected chi connectivity index (χ3v) is 8.83. The van der Waals surface area contributed by atoms with Gasteiger partial charge in [-0.05, 0) is 43.4 Å². The predicted octanol–water partition coefficient (Wildman–Crippen LogP) is 10.7. The van der Waals surface area contributed by atoms with Crippen LogP contribution in [0.4, 0.5) is 17.6 Å². The van der Waals surface area contributed by atoms with Crippen molar-refractivity contribution in [1.29, 1.82) is 0 Å². The fraction of sp³-hybridized carbons (Fsp3) is 0.0571. The molecule has 0 saturated carbocycles. The van der Waals surface area contributed by atoms with E-state index in [4.69, 9.17) is 0 Å². The fourth-order valence-electron chi connectivity index (χ4n) is 4.62. The molecule has 0 saturated heterocycles. The highest BCUT2D eigenvalue weighted by Gasteiger charge is 2.19. The Bertz CT molecular complexity index is 1760. The molecule has 0 aliphatic rings. The summed E-state index contributed by atoms with van der Waals surface area (Å²) in [6.07, 6.45) is 0.694. The van der Waals surface area contributed by atoms with Crippen LogP contribution in [0.1, 0.15) is 14.5 Å². The van der Waals surface area contributed by atoms with Crippen LogP contribution in [0.3, 0.4) is 0 Å². The number of hydrogen-bond donors (Lipinski definition) is 1. The Kier molecular flexibility index (Phi) is 11.3. The van der Waals surface area contributed by atoms with Gasteiger partial charge in [0.2, 0.25) is 0 Å². The summed E-state index contributed by atoms with van der Waals surface area (Å²) in [6.45, 7) is 0.667. The van der Waals surface area contributed by atoms with Crippen LogP contribution in [0.5, 0.6) is 0 Å². The van der Waals surface area contributed by atoms with E-state index < -0.39 is 11.6 Å². The highest BCUT2D eigenvalue weighted by atomic mass is 35.5. The van der Waals surface area contributed by atoms with Gasteiger partial charge in [-0.2, -0.15) is 0 Å². The SMILES string of the molecule is CNCc1cc(-c2ccccc2F)c(-c2ccccc2F)s1.Cl.O=Cc1cc(-c2ccccc2F)c(-c2ccccc2F)s1. The number of hydrogen-bond acceptors (Lipinski definition) is 4. The molecule has 1 N–H and O–H groups in total. The average molecular weight is 652 g/mol. The molecule has 4 aromatic carbocycles. The van der Waals surface area contributed by atoms with Gasteiger partial charge in [-0.15, -0.1) is 35.1 Å². The summed E-state index contributed by atoms with van der Waals surface area (Å²) in [4.78, 5) is 13.8. The van der Waals surface area contributed by atoms with Gasteiger partial charge in [0, 0.05) is 54.6 Å². The van der Waals surface area contributed by atoms with Gasteiger partial charge in [-0.1, -0.05) is 72.8 Å². The van der Waals surface area contributed by atoms with Gasteiger partial charge in [-0.25, -0.2) is 17.6 Å². The largest absolute Gasteiger partial charge is 0.315 e. The molecule has 0 bridgehead atoms. The van der Waals surface area contributed by atoms with E-state index in [9.17, 15) is 22.4 Å². The normalized spacial score (nSPS) is 10.5. The Balaban J connectivity index is 0.000000197. The van der Waals surface area contributed by atoms with Crippen molar-refractivity contribution in [3.8, 4) is 43.1 Å². The summed E-state index contributed by atoms with van der Waals surface area (Å²) in [5.74, 6) is -1.38. The van der Waals surface area contributed by atoms with Crippen LogP contribution in [0.25, 0.3) is 43.1 Å². The van der Waals surface area contributed by atoms with Crippen molar-refractivity contribution in [3.05, 3.63) is 142 Å². The molecule has 9 heteroatoms. The molecule has 0 atom stereocenters. The van der Waals surface area contributed by atoms with E-state index in [2.05, 4.69) is 5.32 Å². The lowest BCUT2D eigenvalue weighted by Gasteiger charge is -2.06. The molecule has 2 aromatic heterocycles. The topological polar surface area (TPSA) is 29.1 Å². The number of aldehydes is 1. The molecule has 44 heavy (non-hydrogen) atoms. The number of nitrogens with one attached hydrogen (secondary N) is 1. The lowest BCUT2D eigenvalue weighted by molar-refractivity contribution is 0.112. The molecule has 0 radical (unpaired) electrons. The zero-order valence-corrected chi connectivity index (χ0v) is 25.8. The molecule has 2 heterocycles. The average Bonchev–Trinajstić information content (AvgIpc) is 3.63. The Morgan fingerprint density at radius 1 is 0.568 bits per heavy atom. The van der Waals surface area contributed by atoms with Gasteiger partial charge in [0.1, 0.15) is 23.3 Å². The third-order valence-electron chi connectivity index (χ3n) is 6.57. The minimum atomic E-state index is -0.398. The molecule has 6 rings (SSSR count). The van der Waals surface area contributed by atoms with Crippen LogP contribution in [-0.4, -0.2) is 13.3 Å². The quantitative estimate of drug-likeness (QED) is 0.137. The van der Waals surface area contributed by atoms with Crippen molar-refractivity contribution in [2.24, 2.45) is 0 Å². The molecule has 0 aliphatic heterocycles. The monoisotopic (exact) mass is 651 g/mol. The van der Waals surface area contributed by atoms with Crippen molar-refractivity contribution in [3.63, 3.8) is 0 Å². The van der Waals surface area contributed by atoms with Gasteiger partial charge in [-0.3, -0.25) is 4.79 Å². The molecule has 6 aromatic rings. The van der Waals surface area contributed by atoms with Crippen LogP contribution < -0.4 is 5.32 Å². The van der Waals surface area contributed by atoms with Crippen molar-refractivity contribution >= 4 is 41.4 Å². The zero-order valence-electron chi connectivity index (χ0n) is 23.3. The summed E-state index contributed by atoms with van der Waals surface area (Å²) in [7, 11) is 1.85. The Morgan fingerprint density at radius 2 is 0.955 bits per heavy atom. The van der Waals surface area contributed by atoms with Gasteiger partial charge in [0.15, 0.2) is 6.29 Å². The number of rotatable bonds is 7. The second-order valence-electron chi connectivity index (χ2n) is 9.41. The lowest BCUT2D eigenvalue weighted by Crippen LogP contribution is -2.02. The van der Waals surface area contributed by atoms with Crippen molar-refractivity contribution in [1.82, 2.24) is 5.32 Å². The standard InChI is InChI=1S/C18H15F2NS.C17H10F2OS.ClH/c1-21-11-12-10-15(13-6-2-4-8-16(13)19)18(22-12)14-7-3-5-9-17(14)20;18-15-7-3-1-5-12(15)14-9-11(10-20)21-17(14)13-6-2-4-8-16(13)19;/h2-10,21H,11H2,1H3;1-10H;1H. The smallest absolute Gasteiger partial charge is 0.160 e. The van der Waals surface area contributed by atoms with Crippen LogP contribution in [-0.2, 0) is 6.54 Å². The Hall–Kier alpha value is -4.08. The first-order chi connectivity index (χ1) is 20.9. The second kappa shape index (κ2) is 15.1. The fourth-order valence-corrected chi connectivity index (χ4v) is 6.85. The Labute approximate surface area is 267 Å². The maximum Gasteiger partial charge on any atom is 0.160 e. The van der Waals surface area contributed by atoms with Gasteiger partial charge >= 0.3 is 0 Å². The number of halogens is 5. The summed E-state index contributed by atoms with van der Waals surface area (Å²) < 4.78 is 56.3. The van der Waals surface area contributed by atoms with E-state index in [1.807, 2.05) is 13.1 Å². The molecule has 0 fully saturated rings. The molecule has 0 unspecified atom stereocenters. The maximum atomic E-state index is 14.2. The first kappa shape index (κ1) is 32.8. The number of benzene rings is 4. The maximum absolute atomic E-state index is 14.2. The van der Waals surface area contributed by atoms with Crippen LogP contribution in [0, 0.1) is 23.3 Å². The van der Waals surface area contributed by atoms with E-state index >= 15 is 0 Å². The highest BCUT2D eigenvalue weighted by molar-refractivity contribution is 7.17. The minimum absolute atomic E-state index is 0. The predicted molar refractivity (Wildman–Crippen MR) is 176 cm³/mol.